The van der Waals surface area contributed by atoms with Crippen LogP contribution in [0.5, 0.6) is 0 Å². The van der Waals surface area contributed by atoms with Crippen LogP contribution in [0.25, 0.3) is 0 Å². The van der Waals surface area contributed by atoms with E-state index in [-0.39, 0.29) is 5.96 Å². The van der Waals surface area contributed by atoms with Gasteiger partial charge in [-0.25, -0.2) is 0 Å². The normalized spacial score (nSPS) is 12.8. The highest BCUT2D eigenvalue weighted by atomic mass is 16.3. The minimum atomic E-state index is -0.901. The third-order valence-electron chi connectivity index (χ3n) is 2.72. The van der Waals surface area contributed by atoms with Crippen molar-refractivity contribution in [3.8, 4) is 0 Å². The number of aliphatic hydroxyl groups is 1. The van der Waals surface area contributed by atoms with Crippen molar-refractivity contribution in [1.29, 1.82) is 0 Å². The second kappa shape index (κ2) is 6.49. The van der Waals surface area contributed by atoms with Gasteiger partial charge in [0.2, 0.25) is 5.96 Å². The molecule has 0 aliphatic carbocycles. The summed E-state index contributed by atoms with van der Waals surface area (Å²) in [6, 6.07) is 18.5. The molecule has 5 nitrogen and oxygen atoms in total. The van der Waals surface area contributed by atoms with E-state index in [0.29, 0.717) is 5.71 Å². The van der Waals surface area contributed by atoms with E-state index < -0.39 is 6.10 Å². The average molecular weight is 268 g/mol. The summed E-state index contributed by atoms with van der Waals surface area (Å²) >= 11 is 0. The summed E-state index contributed by atoms with van der Waals surface area (Å²) in [7, 11) is 0. The molecule has 0 saturated heterocycles. The van der Waals surface area contributed by atoms with Crippen LogP contribution < -0.4 is 11.5 Å². The molecule has 0 heterocycles. The Kier molecular flexibility index (Phi) is 4.47. The van der Waals surface area contributed by atoms with E-state index in [1.165, 1.54) is 0 Å². The van der Waals surface area contributed by atoms with Gasteiger partial charge in [-0.1, -0.05) is 60.7 Å². The summed E-state index contributed by atoms with van der Waals surface area (Å²) in [5.74, 6) is -0.154. The molecule has 0 aliphatic rings. The third-order valence-corrected chi connectivity index (χ3v) is 2.72. The van der Waals surface area contributed by atoms with Gasteiger partial charge in [0, 0.05) is 5.56 Å². The van der Waals surface area contributed by atoms with Crippen molar-refractivity contribution in [3.05, 3.63) is 71.8 Å². The molecule has 0 amide bonds. The molecule has 0 aromatic heterocycles. The van der Waals surface area contributed by atoms with E-state index in [9.17, 15) is 5.11 Å². The van der Waals surface area contributed by atoms with Gasteiger partial charge in [-0.05, 0) is 5.56 Å². The van der Waals surface area contributed by atoms with Crippen LogP contribution in [0.15, 0.2) is 70.9 Å². The summed E-state index contributed by atoms with van der Waals surface area (Å²) in [4.78, 5) is 0. The number of benzene rings is 2. The maximum absolute atomic E-state index is 10.5. The van der Waals surface area contributed by atoms with Gasteiger partial charge in [0.05, 0.1) is 0 Å². The van der Waals surface area contributed by atoms with Gasteiger partial charge in [-0.3, -0.25) is 0 Å². The Morgan fingerprint density at radius 1 is 0.850 bits per heavy atom. The fourth-order valence-corrected chi connectivity index (χ4v) is 1.78. The molecule has 2 rings (SSSR count). The first-order valence-electron chi connectivity index (χ1n) is 6.13. The topological polar surface area (TPSA) is 97.0 Å². The van der Waals surface area contributed by atoms with Gasteiger partial charge in [-0.15, -0.1) is 10.2 Å². The molecule has 102 valence electrons. The highest BCUT2D eigenvalue weighted by Gasteiger charge is 2.17. The number of hydrogen-bond acceptors (Lipinski definition) is 3. The number of hydrogen-bond donors (Lipinski definition) is 3. The maximum atomic E-state index is 10.5. The fourth-order valence-electron chi connectivity index (χ4n) is 1.78. The molecule has 2 aromatic rings. The van der Waals surface area contributed by atoms with Crippen molar-refractivity contribution in [3.63, 3.8) is 0 Å². The van der Waals surface area contributed by atoms with Gasteiger partial charge >= 0.3 is 0 Å². The lowest BCUT2D eigenvalue weighted by atomic mass is 9.99. The Morgan fingerprint density at radius 2 is 1.40 bits per heavy atom. The molecule has 0 unspecified atom stereocenters. The van der Waals surface area contributed by atoms with Crippen molar-refractivity contribution in [1.82, 2.24) is 0 Å². The van der Waals surface area contributed by atoms with E-state index in [0.717, 1.165) is 11.1 Å². The molecule has 0 spiro atoms. The number of nitrogens with zero attached hydrogens (tertiary/aromatic N) is 2. The van der Waals surface area contributed by atoms with Crippen molar-refractivity contribution in [2.45, 2.75) is 6.10 Å². The van der Waals surface area contributed by atoms with Crippen molar-refractivity contribution < 1.29 is 5.11 Å². The van der Waals surface area contributed by atoms with Crippen LogP contribution in [0.1, 0.15) is 17.2 Å². The lowest BCUT2D eigenvalue weighted by Crippen LogP contribution is -2.22. The lowest BCUT2D eigenvalue weighted by Gasteiger charge is -2.13. The predicted molar refractivity (Wildman–Crippen MR) is 80.2 cm³/mol. The number of guanidine groups is 1. The van der Waals surface area contributed by atoms with Crippen LogP contribution in [0, 0.1) is 0 Å². The number of aliphatic hydroxyl groups excluding tert-OH is 1. The largest absolute Gasteiger partial charge is 0.382 e. The van der Waals surface area contributed by atoms with Gasteiger partial charge in [0.25, 0.3) is 0 Å². The van der Waals surface area contributed by atoms with Crippen LogP contribution in [-0.4, -0.2) is 16.8 Å². The van der Waals surface area contributed by atoms with Crippen LogP contribution in [0.3, 0.4) is 0 Å². The average Bonchev–Trinajstić information content (AvgIpc) is 2.49. The van der Waals surface area contributed by atoms with Crippen LogP contribution >= 0.6 is 0 Å². The van der Waals surface area contributed by atoms with E-state index >= 15 is 0 Å². The molecule has 20 heavy (non-hydrogen) atoms. The van der Waals surface area contributed by atoms with E-state index in [4.69, 9.17) is 11.5 Å². The van der Waals surface area contributed by atoms with Gasteiger partial charge in [-0.2, -0.15) is 0 Å². The highest BCUT2D eigenvalue weighted by Crippen LogP contribution is 2.19. The summed E-state index contributed by atoms with van der Waals surface area (Å²) in [5.41, 5.74) is 12.5. The molecular formula is C15H16N4O. The molecule has 0 bridgehead atoms. The molecule has 5 heteroatoms. The van der Waals surface area contributed by atoms with Crippen LogP contribution in [0.2, 0.25) is 0 Å². The SMILES string of the molecule is NC(N)=NN=C(c1ccccc1)[C@@H](O)c1ccccc1. The predicted octanol–water partition coefficient (Wildman–Crippen LogP) is 1.40. The smallest absolute Gasteiger partial charge is 0.211 e. The first kappa shape index (κ1) is 13.8. The highest BCUT2D eigenvalue weighted by molar-refractivity contribution is 6.04. The fraction of sp³-hybridized carbons (Fsp3) is 0.0667. The molecule has 0 fully saturated rings. The molecule has 0 aliphatic heterocycles. The summed E-state index contributed by atoms with van der Waals surface area (Å²) in [6.07, 6.45) is -0.901. The number of nitrogens with two attached hydrogens (primary N) is 2. The molecule has 0 saturated carbocycles. The molecule has 5 N–H and O–H groups in total. The standard InChI is InChI=1S/C15H16N4O/c16-15(17)19-18-13(11-7-3-1-4-8-11)14(20)12-9-5-2-6-10-12/h1-10,14,20H,(H4,16,17,19)/t14-/m0/s1. The van der Waals surface area contributed by atoms with Gasteiger partial charge < -0.3 is 16.6 Å². The summed E-state index contributed by atoms with van der Waals surface area (Å²) in [6.45, 7) is 0. The minimum Gasteiger partial charge on any atom is -0.382 e. The maximum Gasteiger partial charge on any atom is 0.211 e. The Balaban J connectivity index is 2.42. The van der Waals surface area contributed by atoms with E-state index in [1.54, 1.807) is 0 Å². The third kappa shape index (κ3) is 3.43. The molecular weight excluding hydrogens is 252 g/mol. The monoisotopic (exact) mass is 268 g/mol. The Morgan fingerprint density at radius 3 is 1.95 bits per heavy atom. The zero-order chi connectivity index (χ0) is 14.4. The first-order valence-corrected chi connectivity index (χ1v) is 6.13. The van der Waals surface area contributed by atoms with Crippen molar-refractivity contribution in [2.75, 3.05) is 0 Å². The van der Waals surface area contributed by atoms with Crippen molar-refractivity contribution in [2.24, 2.45) is 21.7 Å². The van der Waals surface area contributed by atoms with E-state index in [2.05, 4.69) is 10.2 Å². The van der Waals surface area contributed by atoms with Gasteiger partial charge in [0.15, 0.2) is 0 Å². The van der Waals surface area contributed by atoms with Crippen LogP contribution in [-0.2, 0) is 0 Å². The Hall–Kier alpha value is -2.66. The minimum absolute atomic E-state index is 0.154. The number of rotatable bonds is 4. The quantitative estimate of drug-likeness (QED) is 0.444. The second-order valence-corrected chi connectivity index (χ2v) is 4.19. The summed E-state index contributed by atoms with van der Waals surface area (Å²) < 4.78 is 0. The molecule has 2 aromatic carbocycles. The first-order chi connectivity index (χ1) is 9.68. The summed E-state index contributed by atoms with van der Waals surface area (Å²) in [5, 5.41) is 18.1. The lowest BCUT2D eigenvalue weighted by molar-refractivity contribution is 0.247. The Bertz CT molecular complexity index is 604. The van der Waals surface area contributed by atoms with E-state index in [1.807, 2.05) is 60.7 Å². The molecule has 1 atom stereocenters. The van der Waals surface area contributed by atoms with Gasteiger partial charge in [0.1, 0.15) is 11.8 Å². The molecule has 0 radical (unpaired) electrons. The zero-order valence-electron chi connectivity index (χ0n) is 10.8. The second-order valence-electron chi connectivity index (χ2n) is 4.19. The van der Waals surface area contributed by atoms with Crippen molar-refractivity contribution >= 4 is 11.7 Å². The van der Waals surface area contributed by atoms with Crippen LogP contribution in [0.4, 0.5) is 0 Å². The zero-order valence-corrected chi connectivity index (χ0v) is 10.8. The Labute approximate surface area is 117 Å².